The number of pyridine rings is 1. The van der Waals surface area contributed by atoms with Gasteiger partial charge in [0.1, 0.15) is 22.8 Å². The number of carboxylic acid groups (broad SMARTS) is 1. The van der Waals surface area contributed by atoms with E-state index >= 15 is 0 Å². The van der Waals surface area contributed by atoms with Crippen molar-refractivity contribution in [3.63, 3.8) is 0 Å². The Morgan fingerprint density at radius 3 is 2.60 bits per heavy atom. The zero-order chi connectivity index (χ0) is 29.5. The fourth-order valence-corrected chi connectivity index (χ4v) is 5.02. The number of carbonyl (C=O) groups excluding carboxylic acids is 1. The van der Waals surface area contributed by atoms with E-state index in [-0.39, 0.29) is 38.9 Å². The number of aromatic nitrogens is 1. The van der Waals surface area contributed by atoms with Gasteiger partial charge in [0.15, 0.2) is 0 Å². The fraction of sp³-hybridized carbons (Fsp3) is 0.0312. The van der Waals surface area contributed by atoms with Crippen LogP contribution in [0.15, 0.2) is 93.1 Å². The van der Waals surface area contributed by atoms with Crippen molar-refractivity contribution in [3.05, 3.63) is 111 Å². The molecule has 0 amide bonds. The van der Waals surface area contributed by atoms with Crippen LogP contribution < -0.4 is 5.43 Å². The summed E-state index contributed by atoms with van der Waals surface area (Å²) in [5.41, 5.74) is 2.06. The Labute approximate surface area is 242 Å². The van der Waals surface area contributed by atoms with Crippen LogP contribution in [0.5, 0.6) is 5.75 Å². The molecule has 1 aliphatic carbocycles. The third-order valence-corrected chi connectivity index (χ3v) is 7.11. The molecule has 0 saturated heterocycles. The van der Waals surface area contributed by atoms with E-state index < -0.39 is 17.4 Å². The second kappa shape index (κ2) is 10.5. The summed E-state index contributed by atoms with van der Waals surface area (Å²) in [7, 11) is 1.27. The van der Waals surface area contributed by atoms with Gasteiger partial charge in [-0.15, -0.1) is 0 Å². The summed E-state index contributed by atoms with van der Waals surface area (Å²) in [4.78, 5) is 45.7. The lowest BCUT2D eigenvalue weighted by Crippen LogP contribution is -2.05. The molecule has 0 saturated carbocycles. The monoisotopic (exact) mass is 578 g/mol. The lowest BCUT2D eigenvalue weighted by Gasteiger charge is -2.18. The highest BCUT2D eigenvalue weighted by molar-refractivity contribution is 6.31. The van der Waals surface area contributed by atoms with Crippen LogP contribution in [0.4, 0.5) is 5.69 Å². The van der Waals surface area contributed by atoms with Crippen LogP contribution in [-0.2, 0) is 4.74 Å². The highest BCUT2D eigenvalue weighted by Crippen LogP contribution is 2.44. The topological polar surface area (TPSA) is 139 Å². The number of halogens is 1. The number of carbonyl (C=O) groups is 2. The maximum absolute atomic E-state index is 12.5. The van der Waals surface area contributed by atoms with Crippen molar-refractivity contribution in [2.24, 2.45) is 4.99 Å². The van der Waals surface area contributed by atoms with Crippen LogP contribution in [0.25, 0.3) is 44.3 Å². The molecule has 4 aromatic rings. The number of methoxy groups -OCH3 is 1. The summed E-state index contributed by atoms with van der Waals surface area (Å²) in [6, 6.07) is 20.7. The average Bonchev–Trinajstić information content (AvgIpc) is 2.99. The van der Waals surface area contributed by atoms with Gasteiger partial charge in [-0.3, -0.25) is 9.79 Å². The van der Waals surface area contributed by atoms with Gasteiger partial charge >= 0.3 is 11.9 Å². The number of ether oxygens (including phenoxy) is 1. The lowest BCUT2D eigenvalue weighted by molar-refractivity contribution is 0.0593. The van der Waals surface area contributed by atoms with E-state index in [1.165, 1.54) is 37.6 Å². The van der Waals surface area contributed by atoms with Crippen molar-refractivity contribution in [1.29, 1.82) is 0 Å². The lowest BCUT2D eigenvalue weighted by atomic mass is 9.90. The minimum absolute atomic E-state index is 0.0279. The number of nitrogens with zero attached hydrogens (tertiary/aromatic N) is 2. The molecule has 2 aliphatic rings. The van der Waals surface area contributed by atoms with Crippen molar-refractivity contribution in [2.75, 3.05) is 7.11 Å². The molecule has 0 fully saturated rings. The quantitative estimate of drug-likeness (QED) is 0.131. The first kappa shape index (κ1) is 26.7. The van der Waals surface area contributed by atoms with Crippen LogP contribution in [0.3, 0.4) is 0 Å². The van der Waals surface area contributed by atoms with Crippen LogP contribution >= 0.6 is 11.6 Å². The van der Waals surface area contributed by atoms with Crippen molar-refractivity contribution in [2.45, 2.75) is 0 Å². The second-order valence-electron chi connectivity index (χ2n) is 9.28. The van der Waals surface area contributed by atoms with E-state index in [4.69, 9.17) is 20.8 Å². The first-order valence-corrected chi connectivity index (χ1v) is 12.9. The molecule has 0 atom stereocenters. The Morgan fingerprint density at radius 1 is 1.00 bits per heavy atom. The first-order chi connectivity index (χ1) is 20.3. The molecular formula is C32H19ClN2O7. The molecular weight excluding hydrogens is 560 g/mol. The SMILES string of the molecule is COC(=O)c1ccc2cccc(N=Cc3c(O)ccc4c(-c5ccccc5C(=O)O)c5cc(Cl)c(=O)cc-5oc34)c2n1. The molecule has 0 bridgehead atoms. The number of aromatic carboxylic acids is 1. The van der Waals surface area contributed by atoms with Gasteiger partial charge in [0.05, 0.1) is 34.5 Å². The second-order valence-corrected chi connectivity index (χ2v) is 9.68. The summed E-state index contributed by atoms with van der Waals surface area (Å²) < 4.78 is 11.0. The number of aliphatic imine (C=N–C) groups is 1. The van der Waals surface area contributed by atoms with Crippen molar-refractivity contribution in [1.82, 2.24) is 4.98 Å². The number of benzene rings is 4. The van der Waals surface area contributed by atoms with Crippen molar-refractivity contribution >= 4 is 57.3 Å². The number of hydrogen-bond acceptors (Lipinski definition) is 8. The minimum atomic E-state index is -1.14. The maximum atomic E-state index is 12.5. The van der Waals surface area contributed by atoms with E-state index in [0.29, 0.717) is 33.3 Å². The largest absolute Gasteiger partial charge is 0.507 e. The van der Waals surface area contributed by atoms with Gasteiger partial charge in [-0.2, -0.15) is 0 Å². The Balaban J connectivity index is 1.64. The molecule has 2 heterocycles. The van der Waals surface area contributed by atoms with Crippen molar-refractivity contribution < 1.29 is 29.0 Å². The van der Waals surface area contributed by atoms with Crippen LogP contribution in [0.2, 0.25) is 5.02 Å². The molecule has 0 unspecified atom stereocenters. The number of phenolic OH excluding ortho intramolecular Hbond substituents is 1. The van der Waals surface area contributed by atoms with Gasteiger partial charge in [0.25, 0.3) is 0 Å². The molecule has 9 nitrogen and oxygen atoms in total. The molecule has 0 spiro atoms. The standard InChI is InChI=1S/C32H19ClN2O7/c1-41-32(40)24-11-9-16-5-4-8-23(29(16)35-24)34-15-21-25(36)12-10-19-28(17-6-2-3-7-18(17)31(38)39)20-13-22(33)26(37)14-27(20)42-30(19)21/h2-15,36H,1H3,(H,38,39). The number of para-hydroxylation sites is 1. The molecule has 10 heteroatoms. The Morgan fingerprint density at radius 2 is 1.81 bits per heavy atom. The summed E-state index contributed by atoms with van der Waals surface area (Å²) in [6.07, 6.45) is 1.38. The van der Waals surface area contributed by atoms with Crippen LogP contribution in [-0.4, -0.2) is 40.5 Å². The normalized spacial score (nSPS) is 11.5. The summed E-state index contributed by atoms with van der Waals surface area (Å²) in [6.45, 7) is 0. The number of fused-ring (bicyclic) bond motifs is 3. The van der Waals surface area contributed by atoms with Gasteiger partial charge < -0.3 is 19.4 Å². The first-order valence-electron chi connectivity index (χ1n) is 12.5. The molecule has 6 rings (SSSR count). The van der Waals surface area contributed by atoms with E-state index in [0.717, 1.165) is 5.39 Å². The number of hydrogen-bond donors (Lipinski definition) is 2. The van der Waals surface area contributed by atoms with Crippen LogP contribution in [0, 0.1) is 0 Å². The molecule has 2 N–H and O–H groups in total. The summed E-state index contributed by atoms with van der Waals surface area (Å²) in [5, 5.41) is 22.0. The summed E-state index contributed by atoms with van der Waals surface area (Å²) >= 11 is 6.20. The Bertz CT molecular complexity index is 2130. The minimum Gasteiger partial charge on any atom is -0.507 e. The van der Waals surface area contributed by atoms with E-state index in [1.54, 1.807) is 48.5 Å². The van der Waals surface area contributed by atoms with Gasteiger partial charge in [0, 0.05) is 34.2 Å². The van der Waals surface area contributed by atoms with Gasteiger partial charge in [0.2, 0.25) is 5.43 Å². The van der Waals surface area contributed by atoms with Gasteiger partial charge in [-0.05, 0) is 42.0 Å². The highest BCUT2D eigenvalue weighted by Gasteiger charge is 2.24. The number of aromatic hydroxyl groups is 1. The molecule has 0 radical (unpaired) electrons. The third kappa shape index (κ3) is 4.51. The molecule has 1 aromatic heterocycles. The fourth-order valence-electron chi connectivity index (χ4n) is 4.86. The van der Waals surface area contributed by atoms with Gasteiger partial charge in [-0.25, -0.2) is 14.6 Å². The number of esters is 1. The predicted molar refractivity (Wildman–Crippen MR) is 159 cm³/mol. The average molecular weight is 579 g/mol. The van der Waals surface area contributed by atoms with E-state index in [1.807, 2.05) is 6.07 Å². The Kier molecular flexibility index (Phi) is 6.64. The zero-order valence-corrected chi connectivity index (χ0v) is 22.5. The molecule has 1 aliphatic heterocycles. The van der Waals surface area contributed by atoms with E-state index in [9.17, 15) is 24.6 Å². The van der Waals surface area contributed by atoms with Crippen molar-refractivity contribution in [3.8, 4) is 28.2 Å². The molecule has 206 valence electrons. The maximum Gasteiger partial charge on any atom is 0.356 e. The number of rotatable bonds is 5. The van der Waals surface area contributed by atoms with Crippen LogP contribution in [0.1, 0.15) is 26.4 Å². The molecule has 3 aromatic carbocycles. The summed E-state index contributed by atoms with van der Waals surface area (Å²) in [5.74, 6) is -1.77. The van der Waals surface area contributed by atoms with Gasteiger partial charge in [-0.1, -0.05) is 48.0 Å². The highest BCUT2D eigenvalue weighted by atomic mass is 35.5. The smallest absolute Gasteiger partial charge is 0.356 e. The predicted octanol–water partition coefficient (Wildman–Crippen LogP) is 6.71. The van der Waals surface area contributed by atoms with E-state index in [2.05, 4.69) is 9.98 Å². The Hall–Kier alpha value is -5.54. The number of phenols is 1. The molecule has 42 heavy (non-hydrogen) atoms. The number of carboxylic acids is 1. The third-order valence-electron chi connectivity index (χ3n) is 6.81. The zero-order valence-electron chi connectivity index (χ0n) is 21.8.